The molecule has 1 aliphatic heterocycles. The predicted octanol–water partition coefficient (Wildman–Crippen LogP) is 3.19. The van der Waals surface area contributed by atoms with Gasteiger partial charge in [-0.3, -0.25) is 19.2 Å². The van der Waals surface area contributed by atoms with Crippen LogP contribution in [0.5, 0.6) is 0 Å². The Morgan fingerprint density at radius 1 is 1.30 bits per heavy atom. The van der Waals surface area contributed by atoms with Crippen LogP contribution in [0.4, 0.5) is 5.82 Å². The summed E-state index contributed by atoms with van der Waals surface area (Å²) >= 11 is 5.40. The summed E-state index contributed by atoms with van der Waals surface area (Å²) in [5.74, 6) is 0.808. The van der Waals surface area contributed by atoms with Crippen molar-refractivity contribution in [1.82, 2.24) is 14.5 Å². The summed E-state index contributed by atoms with van der Waals surface area (Å²) in [6.45, 7) is 7.73. The summed E-state index contributed by atoms with van der Waals surface area (Å²) in [7, 11) is 0. The molecule has 0 aliphatic carbocycles. The van der Waals surface area contributed by atoms with Crippen LogP contribution in [0.15, 0.2) is 29.1 Å². The Hall–Kier alpha value is -1.92. The Labute approximate surface area is 141 Å². The maximum atomic E-state index is 12.4. The number of aryl methyl sites for hydroxylation is 1. The van der Waals surface area contributed by atoms with Crippen molar-refractivity contribution in [3.8, 4) is 5.69 Å². The monoisotopic (exact) mass is 330 g/mol. The van der Waals surface area contributed by atoms with Gasteiger partial charge in [-0.15, -0.1) is 0 Å². The first-order valence-electron chi connectivity index (χ1n) is 7.94. The lowest BCUT2D eigenvalue weighted by molar-refractivity contribution is 0.200. The van der Waals surface area contributed by atoms with Gasteiger partial charge in [0, 0.05) is 18.3 Å². The molecule has 1 aromatic carbocycles. The number of aromatic amines is 1. The Kier molecular flexibility index (Phi) is 4.37. The van der Waals surface area contributed by atoms with E-state index in [-0.39, 0.29) is 5.56 Å². The molecule has 0 amide bonds. The molecule has 5 nitrogen and oxygen atoms in total. The molecule has 0 fully saturated rings. The molecule has 1 aromatic heterocycles. The van der Waals surface area contributed by atoms with E-state index in [1.165, 1.54) is 5.56 Å². The third kappa shape index (κ3) is 2.96. The lowest BCUT2D eigenvalue weighted by Crippen LogP contribution is -2.43. The molecule has 1 aliphatic rings. The third-order valence-electron chi connectivity index (χ3n) is 4.52. The first-order chi connectivity index (χ1) is 11.0. The van der Waals surface area contributed by atoms with Crippen molar-refractivity contribution >= 4 is 18.0 Å². The van der Waals surface area contributed by atoms with Crippen LogP contribution < -0.4 is 10.9 Å². The second-order valence-corrected chi connectivity index (χ2v) is 6.48. The van der Waals surface area contributed by atoms with E-state index < -0.39 is 0 Å². The summed E-state index contributed by atoms with van der Waals surface area (Å²) in [5, 5.41) is 3.39. The van der Waals surface area contributed by atoms with Crippen molar-refractivity contribution in [3.05, 3.63) is 50.5 Å². The van der Waals surface area contributed by atoms with Gasteiger partial charge in [0.25, 0.3) is 5.56 Å². The van der Waals surface area contributed by atoms with Crippen LogP contribution in [0.2, 0.25) is 0 Å². The molecule has 6 heteroatoms. The highest BCUT2D eigenvalue weighted by Gasteiger charge is 2.24. The van der Waals surface area contributed by atoms with Crippen molar-refractivity contribution in [2.45, 2.75) is 39.8 Å². The van der Waals surface area contributed by atoms with Gasteiger partial charge in [0.15, 0.2) is 4.77 Å². The van der Waals surface area contributed by atoms with E-state index in [2.05, 4.69) is 29.0 Å². The molecule has 2 N–H and O–H groups in total. The normalized spacial score (nSPS) is 15.8. The fourth-order valence-corrected chi connectivity index (χ4v) is 3.14. The molecule has 23 heavy (non-hydrogen) atoms. The van der Waals surface area contributed by atoms with Crippen LogP contribution in [0.1, 0.15) is 31.4 Å². The van der Waals surface area contributed by atoms with E-state index in [4.69, 9.17) is 12.2 Å². The molecule has 1 atom stereocenters. The molecule has 0 saturated heterocycles. The number of nitrogens with zero attached hydrogens (tertiary/aromatic N) is 2. The highest BCUT2D eigenvalue weighted by molar-refractivity contribution is 7.71. The summed E-state index contributed by atoms with van der Waals surface area (Å²) in [4.78, 5) is 17.5. The second kappa shape index (κ2) is 6.29. The van der Waals surface area contributed by atoms with Crippen LogP contribution >= 0.6 is 12.2 Å². The second-order valence-electron chi connectivity index (χ2n) is 6.10. The molecule has 122 valence electrons. The van der Waals surface area contributed by atoms with Gasteiger partial charge in [-0.25, -0.2) is 0 Å². The number of rotatable bonds is 3. The number of benzene rings is 1. The van der Waals surface area contributed by atoms with Crippen LogP contribution in [0.3, 0.4) is 0 Å². The summed E-state index contributed by atoms with van der Waals surface area (Å²) in [5.41, 5.74) is 2.78. The average Bonchev–Trinajstić information content (AvgIpc) is 2.55. The summed E-state index contributed by atoms with van der Waals surface area (Å²) < 4.78 is 2.33. The van der Waals surface area contributed by atoms with Gasteiger partial charge in [-0.2, -0.15) is 0 Å². The number of hydrogen-bond acceptors (Lipinski definition) is 4. The minimum absolute atomic E-state index is 0.103. The maximum Gasteiger partial charge on any atom is 0.258 e. The smallest absolute Gasteiger partial charge is 0.258 e. The minimum Gasteiger partial charge on any atom is -0.358 e. The molecule has 2 aromatic rings. The highest BCUT2D eigenvalue weighted by Crippen LogP contribution is 2.24. The van der Waals surface area contributed by atoms with E-state index in [0.29, 0.717) is 24.0 Å². The van der Waals surface area contributed by atoms with Crippen molar-refractivity contribution in [2.24, 2.45) is 0 Å². The van der Waals surface area contributed by atoms with Gasteiger partial charge in [0.1, 0.15) is 5.82 Å². The minimum atomic E-state index is -0.103. The zero-order valence-corrected chi connectivity index (χ0v) is 14.5. The molecule has 2 heterocycles. The molecule has 0 spiro atoms. The standard InChI is InChI=1S/C17H22N4OS/c1-4-12(3)20-9-14-15(18-10-20)21(17(23)19-16(14)22)13-7-5-11(2)6-8-13/h5-8,12,18H,4,9-10H2,1-3H3,(H,19,22,23). The maximum absolute atomic E-state index is 12.4. The van der Waals surface area contributed by atoms with Crippen molar-refractivity contribution in [2.75, 3.05) is 12.0 Å². The molecule has 0 radical (unpaired) electrons. The lowest BCUT2D eigenvalue weighted by atomic mass is 10.1. The zero-order valence-electron chi connectivity index (χ0n) is 13.7. The van der Waals surface area contributed by atoms with Crippen molar-refractivity contribution in [1.29, 1.82) is 0 Å². The van der Waals surface area contributed by atoms with Crippen LogP contribution in [0.25, 0.3) is 5.69 Å². The number of nitrogens with one attached hydrogen (secondary N) is 2. The SMILES string of the molecule is CCC(C)N1CNc2c(c(=O)[nH]c(=S)n2-c2ccc(C)cc2)C1. The van der Waals surface area contributed by atoms with E-state index in [0.717, 1.165) is 23.5 Å². The molecule has 3 rings (SSSR count). The number of hydrogen-bond donors (Lipinski definition) is 2. The quantitative estimate of drug-likeness (QED) is 0.849. The van der Waals surface area contributed by atoms with E-state index in [1.54, 1.807) is 0 Å². The van der Waals surface area contributed by atoms with E-state index >= 15 is 0 Å². The van der Waals surface area contributed by atoms with E-state index in [9.17, 15) is 4.79 Å². The van der Waals surface area contributed by atoms with Crippen LogP contribution in [-0.2, 0) is 6.54 Å². The fourth-order valence-electron chi connectivity index (χ4n) is 2.85. The van der Waals surface area contributed by atoms with Gasteiger partial charge in [-0.05, 0) is 44.6 Å². The van der Waals surface area contributed by atoms with E-state index in [1.807, 2.05) is 35.8 Å². The number of anilines is 1. The van der Waals surface area contributed by atoms with Gasteiger partial charge < -0.3 is 5.32 Å². The van der Waals surface area contributed by atoms with Crippen LogP contribution in [0, 0.1) is 11.7 Å². The molecule has 0 saturated carbocycles. The Morgan fingerprint density at radius 2 is 2.00 bits per heavy atom. The number of aromatic nitrogens is 2. The number of fused-ring (bicyclic) bond motifs is 1. The number of H-pyrrole nitrogens is 1. The Balaban J connectivity index is 2.12. The molecule has 0 bridgehead atoms. The van der Waals surface area contributed by atoms with Gasteiger partial charge >= 0.3 is 0 Å². The van der Waals surface area contributed by atoms with Gasteiger partial charge in [0.2, 0.25) is 0 Å². The van der Waals surface area contributed by atoms with Crippen molar-refractivity contribution < 1.29 is 0 Å². The van der Waals surface area contributed by atoms with Gasteiger partial charge in [0.05, 0.1) is 12.2 Å². The predicted molar refractivity (Wildman–Crippen MR) is 95.7 cm³/mol. The molecule has 1 unspecified atom stereocenters. The van der Waals surface area contributed by atoms with Gasteiger partial charge in [-0.1, -0.05) is 24.6 Å². The zero-order chi connectivity index (χ0) is 16.6. The fraction of sp³-hybridized carbons (Fsp3) is 0.412. The Bertz CT molecular complexity index is 822. The first-order valence-corrected chi connectivity index (χ1v) is 8.35. The summed E-state index contributed by atoms with van der Waals surface area (Å²) in [6, 6.07) is 8.55. The first kappa shape index (κ1) is 16.0. The van der Waals surface area contributed by atoms with Crippen molar-refractivity contribution in [3.63, 3.8) is 0 Å². The molecular weight excluding hydrogens is 308 g/mol. The topological polar surface area (TPSA) is 53.1 Å². The largest absolute Gasteiger partial charge is 0.358 e. The molecular formula is C17H22N4OS. The third-order valence-corrected chi connectivity index (χ3v) is 4.81. The summed E-state index contributed by atoms with van der Waals surface area (Å²) in [6.07, 6.45) is 1.05. The lowest BCUT2D eigenvalue weighted by Gasteiger charge is -2.34. The average molecular weight is 330 g/mol. The highest BCUT2D eigenvalue weighted by atomic mass is 32.1. The van der Waals surface area contributed by atoms with Crippen LogP contribution in [-0.4, -0.2) is 27.2 Å². The Morgan fingerprint density at radius 3 is 2.65 bits per heavy atom.